The Morgan fingerprint density at radius 1 is 1.20 bits per heavy atom. The monoisotopic (exact) mass is 394 g/mol. The quantitative estimate of drug-likeness (QED) is 0.666. The topological polar surface area (TPSA) is 82.1 Å². The van der Waals surface area contributed by atoms with Gasteiger partial charge in [-0.3, -0.25) is 0 Å². The van der Waals surface area contributed by atoms with E-state index in [1.54, 1.807) is 20.8 Å². The Morgan fingerprint density at radius 3 is 2.12 bits per heavy atom. The van der Waals surface area contributed by atoms with E-state index < -0.39 is 43.2 Å². The molecule has 0 saturated carbocycles. The standard InChI is InChI=1S/C16H32NO6SSi/c1-11(2)16(6,7)13(23-25(8)9)12-10-17(24(19,20)22-12)14(18)21-15(3,4)5/h11-13H,10H2,1-9H3/t12-,13?/m1/s1. The molecule has 147 valence electrons. The van der Waals surface area contributed by atoms with Gasteiger partial charge in [-0.1, -0.05) is 27.7 Å². The number of carbonyl (C=O) groups excluding carboxylic acids is 1. The second-order valence-electron chi connectivity index (χ2n) is 8.53. The van der Waals surface area contributed by atoms with Crippen molar-refractivity contribution in [1.82, 2.24) is 4.31 Å². The van der Waals surface area contributed by atoms with Crippen LogP contribution in [0.15, 0.2) is 0 Å². The van der Waals surface area contributed by atoms with Crippen molar-refractivity contribution >= 4 is 25.4 Å². The van der Waals surface area contributed by atoms with Crippen molar-refractivity contribution in [3.8, 4) is 0 Å². The van der Waals surface area contributed by atoms with E-state index in [1.807, 2.05) is 26.9 Å². The molecule has 1 radical (unpaired) electrons. The molecule has 7 nitrogen and oxygen atoms in total. The second kappa shape index (κ2) is 7.54. The van der Waals surface area contributed by atoms with Crippen LogP contribution in [-0.2, 0) is 23.7 Å². The summed E-state index contributed by atoms with van der Waals surface area (Å²) >= 11 is 0. The predicted octanol–water partition coefficient (Wildman–Crippen LogP) is 3.19. The summed E-state index contributed by atoms with van der Waals surface area (Å²) in [5.41, 5.74) is -1.12. The van der Waals surface area contributed by atoms with Gasteiger partial charge >= 0.3 is 16.4 Å². The molecule has 0 spiro atoms. The molecule has 1 saturated heterocycles. The number of hydrogen-bond acceptors (Lipinski definition) is 6. The highest BCUT2D eigenvalue weighted by Gasteiger charge is 2.50. The molecule has 1 fully saturated rings. The van der Waals surface area contributed by atoms with Gasteiger partial charge in [0.15, 0.2) is 0 Å². The first-order valence-electron chi connectivity index (χ1n) is 8.48. The number of nitrogens with zero attached hydrogens (tertiary/aromatic N) is 1. The van der Waals surface area contributed by atoms with Crippen LogP contribution in [0.3, 0.4) is 0 Å². The third-order valence-electron chi connectivity index (χ3n) is 4.38. The molecule has 2 atom stereocenters. The van der Waals surface area contributed by atoms with E-state index in [4.69, 9.17) is 13.3 Å². The zero-order chi connectivity index (χ0) is 19.8. The van der Waals surface area contributed by atoms with E-state index in [1.165, 1.54) is 0 Å². The summed E-state index contributed by atoms with van der Waals surface area (Å²) in [5.74, 6) is 0.237. The fraction of sp³-hybridized carbons (Fsp3) is 0.938. The van der Waals surface area contributed by atoms with Crippen LogP contribution in [0.4, 0.5) is 4.79 Å². The average molecular weight is 395 g/mol. The summed E-state index contributed by atoms with van der Waals surface area (Å²) < 4.78 is 41.9. The molecule has 1 rings (SSSR count). The van der Waals surface area contributed by atoms with Gasteiger partial charge in [-0.25, -0.2) is 8.98 Å². The van der Waals surface area contributed by atoms with Crippen LogP contribution in [-0.4, -0.2) is 52.2 Å². The normalized spacial score (nSPS) is 22.5. The molecule has 0 aromatic heterocycles. The van der Waals surface area contributed by atoms with Crippen molar-refractivity contribution in [3.05, 3.63) is 0 Å². The third-order valence-corrected chi connectivity index (χ3v) is 6.43. The largest absolute Gasteiger partial charge is 0.443 e. The van der Waals surface area contributed by atoms with Gasteiger partial charge < -0.3 is 9.16 Å². The van der Waals surface area contributed by atoms with E-state index >= 15 is 0 Å². The lowest BCUT2D eigenvalue weighted by molar-refractivity contribution is -0.0338. The lowest BCUT2D eigenvalue weighted by Crippen LogP contribution is -2.48. The van der Waals surface area contributed by atoms with E-state index in [-0.39, 0.29) is 17.9 Å². The Hall–Kier alpha value is -0.643. The first-order valence-corrected chi connectivity index (χ1v) is 12.3. The Kier molecular flexibility index (Phi) is 6.75. The maximum Gasteiger partial charge on any atom is 0.425 e. The summed E-state index contributed by atoms with van der Waals surface area (Å²) in [4.78, 5) is 12.3. The van der Waals surface area contributed by atoms with Gasteiger partial charge in [0, 0.05) is 0 Å². The highest BCUT2D eigenvalue weighted by molar-refractivity contribution is 7.85. The number of hydrogen-bond donors (Lipinski definition) is 0. The highest BCUT2D eigenvalue weighted by Crippen LogP contribution is 2.38. The second-order valence-corrected chi connectivity index (χ2v) is 12.1. The van der Waals surface area contributed by atoms with Crippen molar-refractivity contribution < 1.29 is 26.6 Å². The highest BCUT2D eigenvalue weighted by atomic mass is 32.2. The van der Waals surface area contributed by atoms with Crippen LogP contribution in [0.1, 0.15) is 48.5 Å². The Balaban J connectivity index is 3.10. The Labute approximate surface area is 154 Å². The molecule has 0 N–H and O–H groups in total. The van der Waals surface area contributed by atoms with Gasteiger partial charge in [-0.2, -0.15) is 12.7 Å². The summed E-state index contributed by atoms with van der Waals surface area (Å²) in [6, 6.07) is 0. The van der Waals surface area contributed by atoms with Crippen molar-refractivity contribution in [2.45, 2.75) is 79.4 Å². The maximum atomic E-state index is 12.3. The van der Waals surface area contributed by atoms with E-state index in [0.29, 0.717) is 4.31 Å². The molecular formula is C16H32NO6SSi. The summed E-state index contributed by atoms with van der Waals surface area (Å²) in [6.45, 7) is 17.1. The first kappa shape index (κ1) is 22.4. The molecule has 0 aromatic rings. The van der Waals surface area contributed by atoms with Crippen molar-refractivity contribution in [1.29, 1.82) is 0 Å². The lowest BCUT2D eigenvalue weighted by Gasteiger charge is -2.40. The average Bonchev–Trinajstić information content (AvgIpc) is 2.68. The van der Waals surface area contributed by atoms with Gasteiger partial charge in [0.2, 0.25) is 9.04 Å². The fourth-order valence-corrected chi connectivity index (χ4v) is 4.50. The number of carbonyl (C=O) groups is 1. The third kappa shape index (κ3) is 5.67. The minimum Gasteiger partial charge on any atom is -0.443 e. The van der Waals surface area contributed by atoms with Crippen LogP contribution >= 0.6 is 0 Å². The molecule has 1 amide bonds. The molecule has 1 aliphatic heterocycles. The number of amides is 1. The minimum absolute atomic E-state index is 0.104. The zero-order valence-corrected chi connectivity index (χ0v) is 18.6. The molecule has 9 heteroatoms. The van der Waals surface area contributed by atoms with E-state index in [2.05, 4.69) is 13.8 Å². The molecule has 1 aliphatic rings. The number of ether oxygens (including phenoxy) is 1. The van der Waals surface area contributed by atoms with Crippen LogP contribution in [0.25, 0.3) is 0 Å². The SMILES string of the molecule is CC(C)C(C)(C)C(O[Si](C)C)[C@H]1CN(C(=O)OC(C)(C)C)S(=O)(=O)O1. The first-order chi connectivity index (χ1) is 11.1. The number of rotatable bonds is 5. The molecule has 0 bridgehead atoms. The zero-order valence-electron chi connectivity index (χ0n) is 16.7. The predicted molar refractivity (Wildman–Crippen MR) is 97.7 cm³/mol. The van der Waals surface area contributed by atoms with Gasteiger partial charge in [0.25, 0.3) is 0 Å². The molecular weight excluding hydrogens is 362 g/mol. The Morgan fingerprint density at radius 2 is 1.72 bits per heavy atom. The van der Waals surface area contributed by atoms with Gasteiger partial charge in [-0.05, 0) is 45.2 Å². The van der Waals surface area contributed by atoms with Crippen molar-refractivity contribution in [2.75, 3.05) is 6.54 Å². The molecule has 25 heavy (non-hydrogen) atoms. The lowest BCUT2D eigenvalue weighted by atomic mass is 9.74. The molecule has 1 unspecified atom stereocenters. The van der Waals surface area contributed by atoms with Crippen LogP contribution in [0, 0.1) is 11.3 Å². The van der Waals surface area contributed by atoms with E-state index in [0.717, 1.165) is 0 Å². The van der Waals surface area contributed by atoms with Crippen LogP contribution in [0.5, 0.6) is 0 Å². The van der Waals surface area contributed by atoms with Crippen LogP contribution in [0.2, 0.25) is 13.1 Å². The molecule has 0 aromatic carbocycles. The smallest absolute Gasteiger partial charge is 0.425 e. The minimum atomic E-state index is -4.18. The van der Waals surface area contributed by atoms with E-state index in [9.17, 15) is 13.2 Å². The fourth-order valence-electron chi connectivity index (χ4n) is 2.41. The molecule has 0 aliphatic carbocycles. The van der Waals surface area contributed by atoms with Crippen molar-refractivity contribution in [3.63, 3.8) is 0 Å². The summed E-state index contributed by atoms with van der Waals surface area (Å²) in [5, 5.41) is 0. The maximum absolute atomic E-state index is 12.3. The van der Waals surface area contributed by atoms with Gasteiger partial charge in [0.05, 0.1) is 12.6 Å². The summed E-state index contributed by atoms with van der Waals surface area (Å²) in [6.07, 6.45) is -2.12. The molecule has 1 heterocycles. The van der Waals surface area contributed by atoms with Crippen LogP contribution < -0.4 is 0 Å². The van der Waals surface area contributed by atoms with Crippen molar-refractivity contribution in [2.24, 2.45) is 11.3 Å². The Bertz CT molecular complexity index is 582. The summed E-state index contributed by atoms with van der Waals surface area (Å²) in [7, 11) is -5.28. The van der Waals surface area contributed by atoms with Gasteiger partial charge in [0.1, 0.15) is 11.7 Å². The van der Waals surface area contributed by atoms with Gasteiger partial charge in [-0.15, -0.1) is 0 Å².